The Morgan fingerprint density at radius 3 is 2.58 bits per heavy atom. The lowest BCUT2D eigenvalue weighted by Crippen LogP contribution is -2.43. The molecule has 1 heterocycles. The molecule has 0 bridgehead atoms. The zero-order valence-electron chi connectivity index (χ0n) is 11.3. The van der Waals surface area contributed by atoms with Crippen LogP contribution < -0.4 is 10.5 Å². The largest absolute Gasteiger partial charge is 0.490 e. The van der Waals surface area contributed by atoms with Gasteiger partial charge in [-0.05, 0) is 47.3 Å². The summed E-state index contributed by atoms with van der Waals surface area (Å²) < 4.78 is 31.5. The summed E-state index contributed by atoms with van der Waals surface area (Å²) in [4.78, 5) is 3.74. The normalized spacial score (nSPS) is 14.8. The summed E-state index contributed by atoms with van der Waals surface area (Å²) in [6.45, 7) is 6.13. The van der Waals surface area contributed by atoms with Crippen LogP contribution in [0.3, 0.4) is 0 Å². The minimum Gasteiger partial charge on any atom is -0.490 e. The lowest BCUT2D eigenvalue weighted by Gasteiger charge is -2.27. The van der Waals surface area contributed by atoms with Gasteiger partial charge in [0.1, 0.15) is 22.7 Å². The second-order valence-electron chi connectivity index (χ2n) is 5.36. The molecular weight excluding hydrogens is 318 g/mol. The summed E-state index contributed by atoms with van der Waals surface area (Å²) in [5.74, 6) is 0.495. The number of ether oxygens (including phenoxy) is 1. The van der Waals surface area contributed by atoms with Crippen molar-refractivity contribution in [2.24, 2.45) is 11.7 Å². The molecule has 108 valence electrons. The SMILES string of the molecule is CC(C)C[C@@](C)(N)COc1ccc(Br)nc1C(F)F. The van der Waals surface area contributed by atoms with Gasteiger partial charge in [0.25, 0.3) is 6.43 Å². The van der Waals surface area contributed by atoms with Gasteiger partial charge in [0, 0.05) is 5.54 Å². The van der Waals surface area contributed by atoms with Gasteiger partial charge in [-0.15, -0.1) is 0 Å². The fraction of sp³-hybridized carbons (Fsp3) is 0.615. The molecule has 6 heteroatoms. The molecule has 1 aromatic rings. The highest BCUT2D eigenvalue weighted by Gasteiger charge is 2.23. The third kappa shape index (κ3) is 5.40. The minimum absolute atomic E-state index is 0.0821. The highest BCUT2D eigenvalue weighted by molar-refractivity contribution is 9.10. The number of nitrogens with two attached hydrogens (primary N) is 1. The van der Waals surface area contributed by atoms with E-state index in [-0.39, 0.29) is 18.1 Å². The van der Waals surface area contributed by atoms with Crippen LogP contribution in [0.15, 0.2) is 16.7 Å². The average molecular weight is 337 g/mol. The summed E-state index contributed by atoms with van der Waals surface area (Å²) >= 11 is 3.06. The maximum atomic E-state index is 12.8. The van der Waals surface area contributed by atoms with Crippen molar-refractivity contribution in [1.29, 1.82) is 0 Å². The van der Waals surface area contributed by atoms with Crippen molar-refractivity contribution in [2.75, 3.05) is 6.61 Å². The molecule has 1 aromatic heterocycles. The van der Waals surface area contributed by atoms with Crippen molar-refractivity contribution in [3.05, 3.63) is 22.4 Å². The van der Waals surface area contributed by atoms with Crippen molar-refractivity contribution in [3.8, 4) is 5.75 Å². The van der Waals surface area contributed by atoms with Gasteiger partial charge in [0.05, 0.1) is 0 Å². The molecule has 3 nitrogen and oxygen atoms in total. The molecular formula is C13H19BrF2N2O. The smallest absolute Gasteiger partial charge is 0.284 e. The van der Waals surface area contributed by atoms with Gasteiger partial charge in [-0.2, -0.15) is 0 Å². The maximum absolute atomic E-state index is 12.8. The zero-order chi connectivity index (χ0) is 14.6. The van der Waals surface area contributed by atoms with Crippen LogP contribution in [0.2, 0.25) is 0 Å². The van der Waals surface area contributed by atoms with Crippen molar-refractivity contribution < 1.29 is 13.5 Å². The third-order valence-electron chi connectivity index (χ3n) is 2.49. The van der Waals surface area contributed by atoms with E-state index in [1.165, 1.54) is 6.07 Å². The van der Waals surface area contributed by atoms with Crippen LogP contribution in [-0.4, -0.2) is 17.1 Å². The molecule has 19 heavy (non-hydrogen) atoms. The standard InChI is InChI=1S/C13H19BrF2N2O/c1-8(2)6-13(3,17)7-19-9-4-5-10(14)18-11(9)12(15)16/h4-5,8,12H,6-7,17H2,1-3H3/t13-/m1/s1. The van der Waals surface area contributed by atoms with E-state index in [2.05, 4.69) is 34.8 Å². The Balaban J connectivity index is 2.77. The first-order valence-electron chi connectivity index (χ1n) is 6.07. The van der Waals surface area contributed by atoms with E-state index in [0.29, 0.717) is 10.5 Å². The number of hydrogen-bond donors (Lipinski definition) is 1. The van der Waals surface area contributed by atoms with Crippen LogP contribution in [0.5, 0.6) is 5.75 Å². The lowest BCUT2D eigenvalue weighted by molar-refractivity contribution is 0.134. The Labute approximate surface area is 120 Å². The molecule has 0 spiro atoms. The van der Waals surface area contributed by atoms with E-state index in [0.717, 1.165) is 6.42 Å². The minimum atomic E-state index is -2.68. The maximum Gasteiger partial charge on any atom is 0.284 e. The Morgan fingerprint density at radius 1 is 1.42 bits per heavy atom. The molecule has 0 unspecified atom stereocenters. The molecule has 1 atom stereocenters. The molecule has 0 aliphatic carbocycles. The molecule has 0 aliphatic rings. The highest BCUT2D eigenvalue weighted by Crippen LogP contribution is 2.29. The summed E-state index contributed by atoms with van der Waals surface area (Å²) in [5.41, 5.74) is 5.16. The molecule has 0 fully saturated rings. The number of nitrogens with zero attached hydrogens (tertiary/aromatic N) is 1. The first kappa shape index (κ1) is 16.3. The van der Waals surface area contributed by atoms with Gasteiger partial charge in [-0.3, -0.25) is 0 Å². The summed E-state index contributed by atoms with van der Waals surface area (Å²) in [7, 11) is 0. The first-order valence-corrected chi connectivity index (χ1v) is 6.87. The molecule has 0 saturated carbocycles. The molecule has 0 aliphatic heterocycles. The van der Waals surface area contributed by atoms with Gasteiger partial charge in [0.15, 0.2) is 0 Å². The first-order chi connectivity index (χ1) is 8.71. The molecule has 1 rings (SSSR count). The fourth-order valence-corrected chi connectivity index (χ4v) is 2.27. The molecule has 2 N–H and O–H groups in total. The van der Waals surface area contributed by atoms with Crippen LogP contribution in [0.1, 0.15) is 39.3 Å². The monoisotopic (exact) mass is 336 g/mol. The summed E-state index contributed by atoms with van der Waals surface area (Å²) in [6, 6.07) is 3.04. The van der Waals surface area contributed by atoms with Gasteiger partial charge >= 0.3 is 0 Å². The summed E-state index contributed by atoms with van der Waals surface area (Å²) in [6.07, 6.45) is -1.93. The average Bonchev–Trinajstić information content (AvgIpc) is 2.25. The second kappa shape index (κ2) is 6.61. The zero-order valence-corrected chi connectivity index (χ0v) is 12.9. The number of alkyl halides is 2. The Morgan fingerprint density at radius 2 is 2.05 bits per heavy atom. The van der Waals surface area contributed by atoms with Crippen LogP contribution in [0.4, 0.5) is 8.78 Å². The predicted octanol–water partition coefficient (Wildman–Crippen LogP) is 3.92. The van der Waals surface area contributed by atoms with Crippen molar-refractivity contribution in [1.82, 2.24) is 4.98 Å². The number of halogens is 3. The fourth-order valence-electron chi connectivity index (χ4n) is 1.95. The van der Waals surface area contributed by atoms with Gasteiger partial charge in [-0.1, -0.05) is 13.8 Å². The molecule has 0 amide bonds. The Bertz CT molecular complexity index is 425. The van der Waals surface area contributed by atoms with Gasteiger partial charge < -0.3 is 10.5 Å². The van der Waals surface area contributed by atoms with E-state index >= 15 is 0 Å². The van der Waals surface area contributed by atoms with Crippen molar-refractivity contribution in [3.63, 3.8) is 0 Å². The topological polar surface area (TPSA) is 48.1 Å². The van der Waals surface area contributed by atoms with Crippen LogP contribution >= 0.6 is 15.9 Å². The predicted molar refractivity (Wildman–Crippen MR) is 74.4 cm³/mol. The highest BCUT2D eigenvalue weighted by atomic mass is 79.9. The third-order valence-corrected chi connectivity index (χ3v) is 2.93. The van der Waals surface area contributed by atoms with E-state index < -0.39 is 12.0 Å². The van der Waals surface area contributed by atoms with E-state index in [1.807, 2.05) is 6.92 Å². The van der Waals surface area contributed by atoms with Crippen LogP contribution in [-0.2, 0) is 0 Å². The van der Waals surface area contributed by atoms with Crippen LogP contribution in [0.25, 0.3) is 0 Å². The van der Waals surface area contributed by atoms with Crippen molar-refractivity contribution in [2.45, 2.75) is 39.2 Å². The number of hydrogen-bond acceptors (Lipinski definition) is 3. The lowest BCUT2D eigenvalue weighted by atomic mass is 9.93. The molecule has 0 aromatic carbocycles. The van der Waals surface area contributed by atoms with Crippen LogP contribution in [0, 0.1) is 5.92 Å². The van der Waals surface area contributed by atoms with E-state index in [9.17, 15) is 8.78 Å². The quantitative estimate of drug-likeness (QED) is 0.801. The van der Waals surface area contributed by atoms with Gasteiger partial charge in [-0.25, -0.2) is 13.8 Å². The van der Waals surface area contributed by atoms with E-state index in [4.69, 9.17) is 10.5 Å². The second-order valence-corrected chi connectivity index (χ2v) is 6.17. The summed E-state index contributed by atoms with van der Waals surface area (Å²) in [5, 5.41) is 0. The molecule has 0 radical (unpaired) electrons. The Kier molecular flexibility index (Phi) is 5.67. The number of pyridine rings is 1. The number of rotatable bonds is 6. The number of aromatic nitrogens is 1. The van der Waals surface area contributed by atoms with Crippen molar-refractivity contribution >= 4 is 15.9 Å². The molecule has 0 saturated heterocycles. The van der Waals surface area contributed by atoms with Gasteiger partial charge in [0.2, 0.25) is 0 Å². The Hall–Kier alpha value is -0.750. The van der Waals surface area contributed by atoms with E-state index in [1.54, 1.807) is 6.07 Å².